The van der Waals surface area contributed by atoms with Crippen molar-refractivity contribution in [3.63, 3.8) is 0 Å². The van der Waals surface area contributed by atoms with Crippen molar-refractivity contribution >= 4 is 21.4 Å². The van der Waals surface area contributed by atoms with Gasteiger partial charge >= 0.3 is 0 Å². The molecule has 4 heterocycles. The summed E-state index contributed by atoms with van der Waals surface area (Å²) in [7, 11) is 0. The summed E-state index contributed by atoms with van der Waals surface area (Å²) in [6.45, 7) is 9.44. The predicted octanol–water partition coefficient (Wildman–Crippen LogP) is 2.67. The fraction of sp³-hybridized carbons (Fsp3) is 0.625. The van der Waals surface area contributed by atoms with Crippen molar-refractivity contribution in [2.45, 2.75) is 65.0 Å². The van der Waals surface area contributed by atoms with Gasteiger partial charge in [0.15, 0.2) is 5.82 Å². The van der Waals surface area contributed by atoms with Crippen LogP contribution in [0.1, 0.15) is 51.5 Å². The fourth-order valence-electron chi connectivity index (χ4n) is 2.92. The smallest absolute Gasteiger partial charge is 0.214 e. The molecule has 0 saturated carbocycles. The van der Waals surface area contributed by atoms with E-state index in [2.05, 4.69) is 48.2 Å². The average Bonchev–Trinajstić information content (AvgIpc) is 3.17. The summed E-state index contributed by atoms with van der Waals surface area (Å²) >= 11 is 1.60. The Hall–Kier alpha value is -1.96. The van der Waals surface area contributed by atoms with Gasteiger partial charge in [0.1, 0.15) is 5.82 Å². The lowest BCUT2D eigenvalue weighted by Crippen LogP contribution is -2.32. The van der Waals surface area contributed by atoms with E-state index in [1.165, 1.54) is 0 Å². The molecule has 1 N–H and O–H groups in total. The summed E-state index contributed by atoms with van der Waals surface area (Å²) in [4.78, 5) is 10.2. The lowest BCUT2D eigenvalue weighted by molar-refractivity contribution is 0.440. The van der Waals surface area contributed by atoms with Gasteiger partial charge in [-0.1, -0.05) is 39.0 Å². The summed E-state index contributed by atoms with van der Waals surface area (Å²) < 4.78 is 3.92. The molecule has 0 aliphatic carbocycles. The van der Waals surface area contributed by atoms with Crippen LogP contribution in [0.15, 0.2) is 6.20 Å². The predicted molar refractivity (Wildman–Crippen MR) is 94.7 cm³/mol. The van der Waals surface area contributed by atoms with Crippen molar-refractivity contribution in [3.05, 3.63) is 23.5 Å². The molecule has 24 heavy (non-hydrogen) atoms. The van der Waals surface area contributed by atoms with Gasteiger partial charge in [0.05, 0.1) is 18.4 Å². The highest BCUT2D eigenvalue weighted by atomic mass is 32.1. The van der Waals surface area contributed by atoms with Crippen molar-refractivity contribution in [2.24, 2.45) is 0 Å². The van der Waals surface area contributed by atoms with Crippen LogP contribution in [-0.2, 0) is 24.8 Å². The highest BCUT2D eigenvalue weighted by Crippen LogP contribution is 2.27. The number of anilines is 1. The van der Waals surface area contributed by atoms with Crippen molar-refractivity contribution in [1.29, 1.82) is 0 Å². The number of aromatic nitrogens is 6. The first kappa shape index (κ1) is 15.6. The molecule has 1 aliphatic heterocycles. The van der Waals surface area contributed by atoms with Gasteiger partial charge in [-0.25, -0.2) is 19.2 Å². The van der Waals surface area contributed by atoms with E-state index in [0.717, 1.165) is 53.2 Å². The molecule has 7 nitrogen and oxygen atoms in total. The maximum absolute atomic E-state index is 4.70. The first-order valence-electron chi connectivity index (χ1n) is 8.48. The van der Waals surface area contributed by atoms with E-state index in [1.807, 2.05) is 15.4 Å². The van der Waals surface area contributed by atoms with Crippen molar-refractivity contribution in [3.8, 4) is 0 Å². The van der Waals surface area contributed by atoms with Crippen molar-refractivity contribution < 1.29 is 0 Å². The lowest BCUT2D eigenvalue weighted by atomic mass is 9.93. The molecule has 4 rings (SSSR count). The van der Waals surface area contributed by atoms with Gasteiger partial charge in [-0.15, -0.1) is 5.10 Å². The van der Waals surface area contributed by atoms with E-state index in [4.69, 9.17) is 4.98 Å². The normalized spacial score (nSPS) is 18.1. The number of fused-ring (bicyclic) bond motifs is 2. The summed E-state index contributed by atoms with van der Waals surface area (Å²) in [5.41, 5.74) is 1.12. The maximum Gasteiger partial charge on any atom is 0.214 e. The molecule has 0 unspecified atom stereocenters. The molecule has 1 aliphatic rings. The molecule has 8 heteroatoms. The van der Waals surface area contributed by atoms with Crippen LogP contribution in [0.3, 0.4) is 0 Å². The van der Waals surface area contributed by atoms with Crippen LogP contribution >= 0.6 is 11.3 Å². The maximum atomic E-state index is 4.70. The molecule has 128 valence electrons. The highest BCUT2D eigenvalue weighted by molar-refractivity contribution is 7.20. The van der Waals surface area contributed by atoms with Gasteiger partial charge in [-0.2, -0.15) is 5.10 Å². The van der Waals surface area contributed by atoms with Gasteiger partial charge in [-0.05, 0) is 6.42 Å². The van der Waals surface area contributed by atoms with Crippen molar-refractivity contribution in [1.82, 2.24) is 29.4 Å². The average molecular weight is 345 g/mol. The summed E-state index contributed by atoms with van der Waals surface area (Å²) in [5, 5.41) is 13.7. The van der Waals surface area contributed by atoms with E-state index in [9.17, 15) is 0 Å². The van der Waals surface area contributed by atoms with Gasteiger partial charge in [0, 0.05) is 24.3 Å². The third kappa shape index (κ3) is 2.79. The van der Waals surface area contributed by atoms with Crippen LogP contribution in [0, 0.1) is 0 Å². The second-order valence-corrected chi connectivity index (χ2v) is 8.33. The summed E-state index contributed by atoms with van der Waals surface area (Å²) in [6, 6.07) is 0.335. The number of rotatable bonds is 3. The van der Waals surface area contributed by atoms with Gasteiger partial charge in [0.25, 0.3) is 0 Å². The molecule has 0 saturated heterocycles. The third-order valence-electron chi connectivity index (χ3n) is 4.36. The Morgan fingerprint density at radius 2 is 2.12 bits per heavy atom. The molecule has 1 atom stereocenters. The molecule has 3 aromatic heterocycles. The van der Waals surface area contributed by atoms with Gasteiger partial charge in [0.2, 0.25) is 10.1 Å². The van der Waals surface area contributed by atoms with Crippen LogP contribution in [0.2, 0.25) is 0 Å². The molecule has 0 radical (unpaired) electrons. The van der Waals surface area contributed by atoms with E-state index in [0.29, 0.717) is 6.04 Å². The Bertz CT molecular complexity index is 835. The van der Waals surface area contributed by atoms with Crippen LogP contribution in [0.4, 0.5) is 5.13 Å². The zero-order valence-electron chi connectivity index (χ0n) is 14.6. The lowest BCUT2D eigenvalue weighted by Gasteiger charge is -2.22. The molecule has 0 bridgehead atoms. The zero-order chi connectivity index (χ0) is 16.9. The molecule has 0 aromatic carbocycles. The van der Waals surface area contributed by atoms with Crippen LogP contribution in [0.25, 0.3) is 4.96 Å². The summed E-state index contributed by atoms with van der Waals surface area (Å²) in [5.74, 6) is 2.04. The number of imidazole rings is 1. The highest BCUT2D eigenvalue weighted by Gasteiger charge is 2.23. The van der Waals surface area contributed by atoms with E-state index < -0.39 is 0 Å². The Morgan fingerprint density at radius 3 is 2.83 bits per heavy atom. The molecular weight excluding hydrogens is 322 g/mol. The second kappa shape index (κ2) is 5.54. The number of aryl methyl sites for hydroxylation is 2. The topological polar surface area (TPSA) is 72.9 Å². The number of nitrogens with zero attached hydrogens (tertiary/aromatic N) is 6. The minimum absolute atomic E-state index is 0.0465. The number of hydrogen-bond donors (Lipinski definition) is 1. The molecule has 0 fully saturated rings. The standard InChI is InChI=1S/C16H23N7S/c1-5-12-19-13-7-6-10(8-22(13)20-12)17-14-21-23-9-11(16(2,3)4)18-15(23)24-14/h9-10H,5-8H2,1-4H3,(H,17,21)/t10-/m1/s1. The Kier molecular flexibility index (Phi) is 3.59. The minimum Gasteiger partial charge on any atom is -0.355 e. The minimum atomic E-state index is 0.0465. The van der Waals surface area contributed by atoms with Crippen LogP contribution < -0.4 is 5.32 Å². The molecule has 0 spiro atoms. The van der Waals surface area contributed by atoms with Crippen molar-refractivity contribution in [2.75, 3.05) is 5.32 Å². The Morgan fingerprint density at radius 1 is 1.29 bits per heavy atom. The Labute approximate surface area is 145 Å². The quantitative estimate of drug-likeness (QED) is 0.790. The number of hydrogen-bond acceptors (Lipinski definition) is 6. The largest absolute Gasteiger partial charge is 0.355 e. The third-order valence-corrected chi connectivity index (χ3v) is 5.21. The zero-order valence-corrected chi connectivity index (χ0v) is 15.4. The van der Waals surface area contributed by atoms with E-state index >= 15 is 0 Å². The summed E-state index contributed by atoms with van der Waals surface area (Å²) in [6.07, 6.45) is 4.93. The van der Waals surface area contributed by atoms with E-state index in [-0.39, 0.29) is 5.41 Å². The fourth-order valence-corrected chi connectivity index (χ4v) is 3.78. The SMILES string of the molecule is CCc1nc2n(n1)C[C@H](Nc1nn3cc(C(C)(C)C)nc3s1)CC2. The Balaban J connectivity index is 1.49. The molecule has 3 aromatic rings. The first-order valence-corrected chi connectivity index (χ1v) is 9.30. The molecule has 0 amide bonds. The van der Waals surface area contributed by atoms with E-state index in [1.54, 1.807) is 11.3 Å². The second-order valence-electron chi connectivity index (χ2n) is 7.37. The molecular formula is C16H23N7S. The van der Waals surface area contributed by atoms with Crippen LogP contribution in [-0.4, -0.2) is 35.4 Å². The van der Waals surface area contributed by atoms with Crippen LogP contribution in [0.5, 0.6) is 0 Å². The monoisotopic (exact) mass is 345 g/mol. The van der Waals surface area contributed by atoms with Gasteiger partial charge in [-0.3, -0.25) is 0 Å². The van der Waals surface area contributed by atoms with Gasteiger partial charge < -0.3 is 5.32 Å². The number of nitrogens with one attached hydrogen (secondary N) is 1. The first-order chi connectivity index (χ1) is 11.4.